The molecular formula is C23H22ClN3O2S. The van der Waals surface area contributed by atoms with Gasteiger partial charge in [0.25, 0.3) is 10.0 Å². The van der Waals surface area contributed by atoms with Gasteiger partial charge in [-0.1, -0.05) is 54.1 Å². The highest BCUT2D eigenvalue weighted by atomic mass is 35.5. The van der Waals surface area contributed by atoms with Crippen LogP contribution < -0.4 is 4.90 Å². The molecule has 4 rings (SSSR count). The third-order valence-corrected chi connectivity index (χ3v) is 7.08. The zero-order chi connectivity index (χ0) is 21.3. The Bertz CT molecular complexity index is 1160. The summed E-state index contributed by atoms with van der Waals surface area (Å²) in [6.07, 6.45) is 0.481. The third-order valence-electron chi connectivity index (χ3n) is 5.13. The van der Waals surface area contributed by atoms with Gasteiger partial charge in [-0.25, -0.2) is 0 Å². The van der Waals surface area contributed by atoms with Gasteiger partial charge in [-0.05, 0) is 47.5 Å². The topological polar surface area (TPSA) is 53.0 Å². The normalized spacial score (nSPS) is 16.4. The van der Waals surface area contributed by atoms with Crippen molar-refractivity contribution in [2.45, 2.75) is 17.4 Å². The van der Waals surface area contributed by atoms with Gasteiger partial charge in [0.2, 0.25) is 0 Å². The van der Waals surface area contributed by atoms with E-state index in [1.54, 1.807) is 42.5 Å². The number of benzene rings is 3. The first-order valence-corrected chi connectivity index (χ1v) is 11.4. The number of sulfonamides is 1. The van der Waals surface area contributed by atoms with E-state index in [2.05, 4.69) is 5.10 Å². The summed E-state index contributed by atoms with van der Waals surface area (Å²) >= 11 is 6.01. The van der Waals surface area contributed by atoms with E-state index in [9.17, 15) is 8.42 Å². The summed E-state index contributed by atoms with van der Waals surface area (Å²) < 4.78 is 28.1. The molecule has 0 aromatic heterocycles. The van der Waals surface area contributed by atoms with Crippen LogP contribution in [0.1, 0.15) is 23.6 Å². The molecule has 3 aromatic carbocycles. The molecule has 5 nitrogen and oxygen atoms in total. The minimum Gasteiger partial charge on any atom is -0.378 e. The molecular weight excluding hydrogens is 418 g/mol. The number of hydrazone groups is 1. The quantitative estimate of drug-likeness (QED) is 0.565. The van der Waals surface area contributed by atoms with Crippen LogP contribution in [0.3, 0.4) is 0 Å². The SMILES string of the molecule is CN(C)c1ccc(C2CC(c3ccc(Cl)cc3)=NN2S(=O)(=O)c2ccccc2)cc1. The van der Waals surface area contributed by atoms with Crippen molar-refractivity contribution < 1.29 is 8.42 Å². The predicted molar refractivity (Wildman–Crippen MR) is 122 cm³/mol. The van der Waals surface area contributed by atoms with Crippen molar-refractivity contribution in [2.24, 2.45) is 5.10 Å². The van der Waals surface area contributed by atoms with E-state index in [0.29, 0.717) is 17.2 Å². The number of anilines is 1. The number of nitrogens with zero attached hydrogens (tertiary/aromatic N) is 3. The Labute approximate surface area is 182 Å². The highest BCUT2D eigenvalue weighted by Gasteiger charge is 2.37. The zero-order valence-corrected chi connectivity index (χ0v) is 18.3. The number of rotatable bonds is 5. The highest BCUT2D eigenvalue weighted by molar-refractivity contribution is 7.89. The molecule has 0 saturated heterocycles. The lowest BCUT2D eigenvalue weighted by Gasteiger charge is -2.24. The van der Waals surface area contributed by atoms with Crippen molar-refractivity contribution in [1.82, 2.24) is 4.41 Å². The molecule has 0 spiro atoms. The van der Waals surface area contributed by atoms with Crippen LogP contribution in [-0.2, 0) is 10.0 Å². The fourth-order valence-electron chi connectivity index (χ4n) is 3.47. The molecule has 154 valence electrons. The van der Waals surface area contributed by atoms with Gasteiger partial charge in [0.1, 0.15) is 0 Å². The van der Waals surface area contributed by atoms with Gasteiger partial charge in [-0.3, -0.25) is 0 Å². The predicted octanol–water partition coefficient (Wildman–Crippen LogP) is 4.95. The maximum atomic E-state index is 13.4. The first kappa shape index (κ1) is 20.4. The first-order chi connectivity index (χ1) is 14.4. The summed E-state index contributed by atoms with van der Waals surface area (Å²) in [6.45, 7) is 0. The monoisotopic (exact) mass is 439 g/mol. The fraction of sp³-hybridized carbons (Fsp3) is 0.174. The van der Waals surface area contributed by atoms with Gasteiger partial charge in [0.15, 0.2) is 0 Å². The lowest BCUT2D eigenvalue weighted by atomic mass is 9.99. The summed E-state index contributed by atoms with van der Waals surface area (Å²) in [5.74, 6) is 0. The summed E-state index contributed by atoms with van der Waals surface area (Å²) in [4.78, 5) is 2.23. The molecule has 0 fully saturated rings. The molecule has 1 heterocycles. The van der Waals surface area contributed by atoms with E-state index in [1.165, 1.54) is 4.41 Å². The Morgan fingerprint density at radius 1 is 0.933 bits per heavy atom. The maximum Gasteiger partial charge on any atom is 0.279 e. The Kier molecular flexibility index (Phi) is 5.54. The van der Waals surface area contributed by atoms with Crippen LogP contribution in [-0.4, -0.2) is 32.6 Å². The second-order valence-corrected chi connectivity index (χ2v) is 9.58. The molecule has 0 aliphatic carbocycles. The zero-order valence-electron chi connectivity index (χ0n) is 16.7. The van der Waals surface area contributed by atoms with E-state index in [0.717, 1.165) is 16.8 Å². The van der Waals surface area contributed by atoms with Crippen molar-refractivity contribution in [3.8, 4) is 0 Å². The van der Waals surface area contributed by atoms with Gasteiger partial charge in [0, 0.05) is 31.2 Å². The van der Waals surface area contributed by atoms with Gasteiger partial charge >= 0.3 is 0 Å². The minimum atomic E-state index is -3.80. The molecule has 30 heavy (non-hydrogen) atoms. The molecule has 0 bridgehead atoms. The Balaban J connectivity index is 1.77. The minimum absolute atomic E-state index is 0.223. The Morgan fingerprint density at radius 2 is 1.57 bits per heavy atom. The molecule has 7 heteroatoms. The van der Waals surface area contributed by atoms with E-state index >= 15 is 0 Å². The Hall–Kier alpha value is -2.83. The third kappa shape index (κ3) is 3.93. The molecule has 0 radical (unpaired) electrons. The molecule has 0 N–H and O–H groups in total. The second-order valence-electron chi connectivity index (χ2n) is 7.35. The second kappa shape index (κ2) is 8.13. The van der Waals surface area contributed by atoms with Gasteiger partial charge in [-0.15, -0.1) is 0 Å². The van der Waals surface area contributed by atoms with Crippen molar-refractivity contribution in [3.05, 3.63) is 95.0 Å². The van der Waals surface area contributed by atoms with Crippen LogP contribution in [0.4, 0.5) is 5.69 Å². The van der Waals surface area contributed by atoms with E-state index in [-0.39, 0.29) is 4.90 Å². The number of halogens is 1. The van der Waals surface area contributed by atoms with E-state index in [1.807, 2.05) is 55.4 Å². The van der Waals surface area contributed by atoms with Crippen LogP contribution in [0.2, 0.25) is 5.02 Å². The van der Waals surface area contributed by atoms with Crippen LogP contribution in [0.5, 0.6) is 0 Å². The molecule has 1 aliphatic heterocycles. The maximum absolute atomic E-state index is 13.4. The summed E-state index contributed by atoms with van der Waals surface area (Å²) in [5.41, 5.74) is 3.52. The number of hydrogen-bond acceptors (Lipinski definition) is 4. The highest BCUT2D eigenvalue weighted by Crippen LogP contribution is 2.37. The van der Waals surface area contributed by atoms with Crippen molar-refractivity contribution in [1.29, 1.82) is 0 Å². The summed E-state index contributed by atoms with van der Waals surface area (Å²) in [5, 5.41) is 5.19. The molecule has 1 aliphatic rings. The summed E-state index contributed by atoms with van der Waals surface area (Å²) in [7, 11) is 0.139. The molecule has 3 aromatic rings. The van der Waals surface area contributed by atoms with Crippen molar-refractivity contribution in [3.63, 3.8) is 0 Å². The fourth-order valence-corrected chi connectivity index (χ4v) is 5.05. The molecule has 1 atom stereocenters. The van der Waals surface area contributed by atoms with Crippen molar-refractivity contribution in [2.75, 3.05) is 19.0 Å². The average molecular weight is 440 g/mol. The van der Waals surface area contributed by atoms with Crippen LogP contribution in [0.15, 0.2) is 88.9 Å². The van der Waals surface area contributed by atoms with E-state index in [4.69, 9.17) is 11.6 Å². The lowest BCUT2D eigenvalue weighted by Crippen LogP contribution is -2.27. The van der Waals surface area contributed by atoms with Crippen LogP contribution in [0.25, 0.3) is 0 Å². The average Bonchev–Trinajstić information content (AvgIpc) is 3.21. The Morgan fingerprint density at radius 3 is 2.17 bits per heavy atom. The standard InChI is InChI=1S/C23H22ClN3O2S/c1-26(2)20-14-10-18(11-15-20)23-16-22(17-8-12-19(24)13-9-17)25-27(23)30(28,29)21-6-4-3-5-7-21/h3-15,23H,16H2,1-2H3. The molecule has 0 amide bonds. The van der Waals surface area contributed by atoms with Crippen LogP contribution >= 0.6 is 11.6 Å². The largest absolute Gasteiger partial charge is 0.378 e. The first-order valence-electron chi connectivity index (χ1n) is 9.56. The van der Waals surface area contributed by atoms with Gasteiger partial charge in [0.05, 0.1) is 16.6 Å². The van der Waals surface area contributed by atoms with Gasteiger partial charge < -0.3 is 4.90 Å². The molecule has 1 unspecified atom stereocenters. The lowest BCUT2D eigenvalue weighted by molar-refractivity contribution is 0.371. The van der Waals surface area contributed by atoms with Crippen LogP contribution in [0, 0.1) is 0 Å². The van der Waals surface area contributed by atoms with Gasteiger partial charge in [-0.2, -0.15) is 17.9 Å². The smallest absolute Gasteiger partial charge is 0.279 e. The summed E-state index contributed by atoms with van der Waals surface area (Å²) in [6, 6.07) is 23.2. The number of hydrogen-bond donors (Lipinski definition) is 0. The molecule has 0 saturated carbocycles. The van der Waals surface area contributed by atoms with E-state index < -0.39 is 16.1 Å². The van der Waals surface area contributed by atoms with Crippen molar-refractivity contribution >= 4 is 33.0 Å².